The minimum atomic E-state index is -2.57. The summed E-state index contributed by atoms with van der Waals surface area (Å²) >= 11 is 0. The molecule has 0 aliphatic heterocycles. The molecule has 14 heteroatoms. The Balaban J connectivity index is 2.81. The van der Waals surface area contributed by atoms with Gasteiger partial charge in [-0.05, 0) is 24.3 Å². The minimum Gasteiger partial charge on any atom is -0.481 e. The van der Waals surface area contributed by atoms with Crippen LogP contribution < -0.4 is 20.9 Å². The molecule has 2 rings (SSSR count). The summed E-state index contributed by atoms with van der Waals surface area (Å²) in [7, 11) is 0. The van der Waals surface area contributed by atoms with Gasteiger partial charge in [-0.2, -0.15) is 0 Å². The predicted molar refractivity (Wildman–Crippen MR) is 122 cm³/mol. The van der Waals surface area contributed by atoms with Gasteiger partial charge in [0.2, 0.25) is 5.72 Å². The van der Waals surface area contributed by atoms with E-state index in [0.29, 0.717) is 4.90 Å². The van der Waals surface area contributed by atoms with E-state index in [-0.39, 0.29) is 22.9 Å². The van der Waals surface area contributed by atoms with Gasteiger partial charge in [0.15, 0.2) is 0 Å². The highest BCUT2D eigenvalue weighted by Gasteiger charge is 2.53. The Morgan fingerprint density at radius 2 is 1.28 bits per heavy atom. The largest absolute Gasteiger partial charge is 0.481 e. The number of hydrogen-bond acceptors (Lipinski definition) is 10. The van der Waals surface area contributed by atoms with Crippen molar-refractivity contribution in [2.24, 2.45) is 0 Å². The average Bonchev–Trinajstić information content (AvgIpc) is 2.77. The highest BCUT2D eigenvalue weighted by Crippen LogP contribution is 2.36. The quantitative estimate of drug-likeness (QED) is 0.141. The van der Waals surface area contributed by atoms with Crippen LogP contribution in [0.5, 0.6) is 11.5 Å². The van der Waals surface area contributed by atoms with E-state index in [2.05, 4.69) is 0 Å². The number of benzene rings is 2. The molecule has 0 amide bonds. The number of rotatable bonds is 15. The van der Waals surface area contributed by atoms with E-state index in [1.165, 1.54) is 42.5 Å². The fourth-order valence-corrected chi connectivity index (χ4v) is 3.23. The molecular weight excluding hydrogens is 482 g/mol. The first-order valence-corrected chi connectivity index (χ1v) is 10.2. The van der Waals surface area contributed by atoms with Crippen LogP contribution in [0.25, 0.3) is 0 Å². The number of anilines is 2. The molecule has 0 aliphatic rings. The lowest BCUT2D eigenvalue weighted by Gasteiger charge is -2.45. The predicted octanol–water partition coefficient (Wildman–Crippen LogP) is 0.378. The number of ether oxygens (including phenoxy) is 3. The lowest BCUT2D eigenvalue weighted by atomic mass is 10.0. The Morgan fingerprint density at radius 3 is 1.72 bits per heavy atom. The molecule has 36 heavy (non-hydrogen) atoms. The van der Waals surface area contributed by atoms with E-state index in [4.69, 9.17) is 25.7 Å². The van der Waals surface area contributed by atoms with Crippen LogP contribution in [-0.4, -0.2) is 80.9 Å². The van der Waals surface area contributed by atoms with Crippen molar-refractivity contribution in [1.29, 1.82) is 0 Å². The van der Waals surface area contributed by atoms with Crippen LogP contribution in [-0.2, 0) is 23.9 Å². The molecular formula is C22H25N3O11. The summed E-state index contributed by atoms with van der Waals surface area (Å²) in [5, 5.41) is 38.0. The molecule has 2 aromatic rings. The second kappa shape index (κ2) is 12.2. The van der Waals surface area contributed by atoms with Gasteiger partial charge in [-0.25, -0.2) is 9.69 Å². The molecule has 2 unspecified atom stereocenters. The Labute approximate surface area is 204 Å². The number of aliphatic carboxylic acids is 4. The summed E-state index contributed by atoms with van der Waals surface area (Å²) in [4.78, 5) is 47.4. The third-order valence-electron chi connectivity index (χ3n) is 4.68. The smallest absolute Gasteiger partial charge is 0.329 e. The second-order valence-electron chi connectivity index (χ2n) is 7.39. The lowest BCUT2D eigenvalue weighted by molar-refractivity contribution is -0.250. The van der Waals surface area contributed by atoms with Gasteiger partial charge in [0.25, 0.3) is 6.29 Å². The molecule has 0 radical (unpaired) electrons. The molecule has 194 valence electrons. The summed E-state index contributed by atoms with van der Waals surface area (Å²) in [6, 6.07) is 11.5. The summed E-state index contributed by atoms with van der Waals surface area (Å²) in [6.45, 7) is -3.18. The lowest BCUT2D eigenvalue weighted by Crippen LogP contribution is -2.66. The van der Waals surface area contributed by atoms with Crippen molar-refractivity contribution in [2.45, 2.75) is 18.4 Å². The van der Waals surface area contributed by atoms with Gasteiger partial charge in [-0.1, -0.05) is 24.3 Å². The van der Waals surface area contributed by atoms with Crippen molar-refractivity contribution < 1.29 is 53.8 Å². The maximum absolute atomic E-state index is 12.0. The first-order chi connectivity index (χ1) is 16.9. The molecule has 0 fully saturated rings. The first kappa shape index (κ1) is 27.7. The SMILES string of the molecule is Nc1ccccc1OC(OCC(=O)O)C(CC(=O)O)(Oc1ccccc1N)N(CC(=O)O)CC(=O)O. The Hall–Kier alpha value is -4.56. The Morgan fingerprint density at radius 1 is 0.778 bits per heavy atom. The number of para-hydroxylation sites is 4. The number of carboxylic acids is 4. The maximum atomic E-state index is 12.0. The summed E-state index contributed by atoms with van der Waals surface area (Å²) in [5.41, 5.74) is 9.29. The van der Waals surface area contributed by atoms with Crippen molar-refractivity contribution in [2.75, 3.05) is 31.2 Å². The molecule has 0 bridgehead atoms. The van der Waals surface area contributed by atoms with Crippen LogP contribution in [0.2, 0.25) is 0 Å². The fraction of sp³-hybridized carbons (Fsp3) is 0.273. The molecule has 0 aromatic heterocycles. The van der Waals surface area contributed by atoms with E-state index in [9.17, 15) is 39.6 Å². The number of nitrogens with two attached hydrogens (primary N) is 2. The van der Waals surface area contributed by atoms with Crippen molar-refractivity contribution in [3.8, 4) is 11.5 Å². The number of nitrogens with zero attached hydrogens (tertiary/aromatic N) is 1. The van der Waals surface area contributed by atoms with Gasteiger partial charge in [0.1, 0.15) is 37.6 Å². The van der Waals surface area contributed by atoms with Gasteiger partial charge in [-0.15, -0.1) is 0 Å². The van der Waals surface area contributed by atoms with Crippen LogP contribution in [0, 0.1) is 0 Å². The van der Waals surface area contributed by atoms with E-state index >= 15 is 0 Å². The third kappa shape index (κ3) is 7.48. The number of carbonyl (C=O) groups is 4. The van der Waals surface area contributed by atoms with Gasteiger partial charge in [-0.3, -0.25) is 14.4 Å². The monoisotopic (exact) mass is 507 g/mol. The minimum absolute atomic E-state index is 0.0194. The Kier molecular flexibility index (Phi) is 9.41. The zero-order chi connectivity index (χ0) is 26.9. The van der Waals surface area contributed by atoms with E-state index in [1.807, 2.05) is 0 Å². The summed E-state index contributed by atoms with van der Waals surface area (Å²) in [6.07, 6.45) is -3.16. The maximum Gasteiger partial charge on any atom is 0.329 e. The van der Waals surface area contributed by atoms with Crippen molar-refractivity contribution >= 4 is 35.3 Å². The van der Waals surface area contributed by atoms with Crippen LogP contribution in [0.15, 0.2) is 48.5 Å². The van der Waals surface area contributed by atoms with Crippen LogP contribution >= 0.6 is 0 Å². The van der Waals surface area contributed by atoms with Gasteiger partial charge >= 0.3 is 23.9 Å². The standard InChI is InChI=1S/C22H25N3O11/c23-13-5-1-3-7-15(13)35-21(34-12-20(32)33)22(9-17(26)27,25(10-18(28)29)11-19(30)31)36-16-8-4-2-6-14(16)24/h1-8,21H,9-12,23-24H2,(H,26,27)(H,28,29)(H,30,31)(H,32,33). The molecule has 0 saturated heterocycles. The van der Waals surface area contributed by atoms with Gasteiger partial charge in [0, 0.05) is 0 Å². The average molecular weight is 507 g/mol. The van der Waals surface area contributed by atoms with Crippen molar-refractivity contribution in [3.05, 3.63) is 48.5 Å². The van der Waals surface area contributed by atoms with E-state index in [1.54, 1.807) is 6.07 Å². The highest BCUT2D eigenvalue weighted by atomic mass is 16.7. The summed E-state index contributed by atoms with van der Waals surface area (Å²) < 4.78 is 17.0. The van der Waals surface area contributed by atoms with Crippen LogP contribution in [0.1, 0.15) is 6.42 Å². The molecule has 0 saturated carbocycles. The molecule has 8 N–H and O–H groups in total. The number of hydrogen-bond donors (Lipinski definition) is 6. The molecule has 14 nitrogen and oxygen atoms in total. The normalized spacial score (nSPS) is 13.4. The highest BCUT2D eigenvalue weighted by molar-refractivity contribution is 5.74. The zero-order valence-electron chi connectivity index (χ0n) is 18.8. The van der Waals surface area contributed by atoms with Gasteiger partial charge < -0.3 is 46.1 Å². The number of carboxylic acid groups (broad SMARTS) is 4. The molecule has 2 aromatic carbocycles. The summed E-state index contributed by atoms with van der Waals surface area (Å²) in [5.74, 6) is -6.44. The topological polar surface area (TPSA) is 232 Å². The second-order valence-corrected chi connectivity index (χ2v) is 7.39. The Bertz CT molecular complexity index is 1090. The van der Waals surface area contributed by atoms with Crippen molar-refractivity contribution in [1.82, 2.24) is 4.90 Å². The van der Waals surface area contributed by atoms with Crippen molar-refractivity contribution in [3.63, 3.8) is 0 Å². The molecule has 0 spiro atoms. The number of nitrogen functional groups attached to an aromatic ring is 2. The first-order valence-electron chi connectivity index (χ1n) is 10.2. The van der Waals surface area contributed by atoms with Gasteiger partial charge in [0.05, 0.1) is 11.4 Å². The van der Waals surface area contributed by atoms with E-state index < -0.39 is 62.0 Å². The third-order valence-corrected chi connectivity index (χ3v) is 4.68. The van der Waals surface area contributed by atoms with E-state index in [0.717, 1.165) is 0 Å². The molecule has 0 heterocycles. The zero-order valence-corrected chi connectivity index (χ0v) is 18.8. The van der Waals surface area contributed by atoms with Crippen LogP contribution in [0.3, 0.4) is 0 Å². The van der Waals surface area contributed by atoms with Crippen LogP contribution in [0.4, 0.5) is 11.4 Å². The molecule has 0 aliphatic carbocycles. The fourth-order valence-electron chi connectivity index (χ4n) is 3.23. The molecule has 2 atom stereocenters.